The lowest BCUT2D eigenvalue weighted by Crippen LogP contribution is -2.41. The van der Waals surface area contributed by atoms with Crippen LogP contribution in [0.3, 0.4) is 0 Å². The second kappa shape index (κ2) is 8.51. The van der Waals surface area contributed by atoms with Crippen LogP contribution in [0.15, 0.2) is 53.7 Å². The van der Waals surface area contributed by atoms with Gasteiger partial charge >= 0.3 is 0 Å². The molecule has 8 heteroatoms. The average Bonchev–Trinajstić information content (AvgIpc) is 3.31. The Hall–Kier alpha value is -2.45. The molecule has 29 heavy (non-hydrogen) atoms. The minimum absolute atomic E-state index is 0.0660. The molecule has 4 rings (SSSR count). The molecule has 1 aromatic carbocycles. The molecule has 0 atom stereocenters. The average molecular weight is 416 g/mol. The topological polar surface area (TPSA) is 79.8 Å². The van der Waals surface area contributed by atoms with E-state index in [1.807, 2.05) is 12.1 Å². The third kappa shape index (κ3) is 4.43. The molecule has 154 valence electrons. The zero-order chi connectivity index (χ0) is 20.3. The highest BCUT2D eigenvalue weighted by atomic mass is 32.2. The number of likely N-dealkylation sites (tertiary alicyclic amines) is 1. The lowest BCUT2D eigenvalue weighted by molar-refractivity contribution is 0.0595. The highest BCUT2D eigenvalue weighted by Gasteiger charge is 2.28. The molecule has 0 N–H and O–H groups in total. The van der Waals surface area contributed by atoms with E-state index in [4.69, 9.17) is 4.74 Å². The lowest BCUT2D eigenvalue weighted by atomic mass is 10.1. The summed E-state index contributed by atoms with van der Waals surface area (Å²) in [6, 6.07) is 10.0. The number of nitrogens with zero attached hydrogens (tertiary/aromatic N) is 3. The molecular weight excluding hydrogens is 390 g/mol. The van der Waals surface area contributed by atoms with Gasteiger partial charge in [0.25, 0.3) is 5.91 Å². The van der Waals surface area contributed by atoms with Crippen LogP contribution in [-0.2, 0) is 10.0 Å². The van der Waals surface area contributed by atoms with E-state index in [0.29, 0.717) is 31.7 Å². The van der Waals surface area contributed by atoms with Crippen molar-refractivity contribution in [2.75, 3.05) is 26.2 Å². The highest BCUT2D eigenvalue weighted by molar-refractivity contribution is 7.89. The number of hydrogen-bond acceptors (Lipinski definition) is 5. The summed E-state index contributed by atoms with van der Waals surface area (Å²) in [5.41, 5.74) is 0.511. The third-order valence-electron chi connectivity index (χ3n) is 5.47. The Kier molecular flexibility index (Phi) is 5.82. The summed E-state index contributed by atoms with van der Waals surface area (Å²) in [6.45, 7) is 2.35. The number of benzene rings is 1. The Balaban J connectivity index is 1.35. The van der Waals surface area contributed by atoms with E-state index in [0.717, 1.165) is 31.4 Å². The molecular formula is C21H25N3O4S. The first-order chi connectivity index (χ1) is 14.0. The van der Waals surface area contributed by atoms with Crippen molar-refractivity contribution in [3.8, 4) is 5.75 Å². The number of aromatic nitrogens is 1. The summed E-state index contributed by atoms with van der Waals surface area (Å²) in [7, 11) is -3.46. The third-order valence-corrected chi connectivity index (χ3v) is 7.38. The molecule has 0 aliphatic carbocycles. The SMILES string of the molecule is O=C(c1ccc(S(=O)(=O)N2CCCC2)cc1)N1CCC(Oc2cccnc2)CC1. The van der Waals surface area contributed by atoms with E-state index in [9.17, 15) is 13.2 Å². The Labute approximate surface area is 171 Å². The van der Waals surface area contributed by atoms with Gasteiger partial charge in [-0.25, -0.2) is 8.42 Å². The first-order valence-corrected chi connectivity index (χ1v) is 11.4. The molecule has 2 aliphatic rings. The van der Waals surface area contributed by atoms with E-state index in [2.05, 4.69) is 4.98 Å². The van der Waals surface area contributed by atoms with Crippen LogP contribution in [0.2, 0.25) is 0 Å². The summed E-state index contributed by atoms with van der Waals surface area (Å²) in [5, 5.41) is 0. The minimum Gasteiger partial charge on any atom is -0.489 e. The van der Waals surface area contributed by atoms with Crippen LogP contribution in [0.25, 0.3) is 0 Å². The number of carbonyl (C=O) groups excluding carboxylic acids is 1. The Morgan fingerprint density at radius 3 is 2.31 bits per heavy atom. The van der Waals surface area contributed by atoms with Gasteiger partial charge in [-0.2, -0.15) is 4.31 Å². The molecule has 7 nitrogen and oxygen atoms in total. The fraction of sp³-hybridized carbons (Fsp3) is 0.429. The second-order valence-electron chi connectivity index (χ2n) is 7.43. The maximum atomic E-state index is 12.8. The number of hydrogen-bond donors (Lipinski definition) is 0. The van der Waals surface area contributed by atoms with Gasteiger partial charge < -0.3 is 9.64 Å². The van der Waals surface area contributed by atoms with Crippen molar-refractivity contribution in [3.05, 3.63) is 54.4 Å². The van der Waals surface area contributed by atoms with Crippen LogP contribution < -0.4 is 4.74 Å². The van der Waals surface area contributed by atoms with Gasteiger partial charge in [0.1, 0.15) is 11.9 Å². The Bertz CT molecular complexity index is 934. The molecule has 2 aliphatic heterocycles. The van der Waals surface area contributed by atoms with Gasteiger partial charge in [-0.05, 0) is 49.2 Å². The number of carbonyl (C=O) groups is 1. The van der Waals surface area contributed by atoms with Crippen LogP contribution in [0.4, 0.5) is 0 Å². The van der Waals surface area contributed by atoms with Crippen molar-refractivity contribution < 1.29 is 17.9 Å². The molecule has 0 spiro atoms. The van der Waals surface area contributed by atoms with E-state index in [1.54, 1.807) is 41.6 Å². The first kappa shape index (κ1) is 19.8. The Morgan fingerprint density at radius 2 is 1.69 bits per heavy atom. The summed E-state index contributed by atoms with van der Waals surface area (Å²) >= 11 is 0. The van der Waals surface area contributed by atoms with Crippen LogP contribution in [-0.4, -0.2) is 60.8 Å². The van der Waals surface area contributed by atoms with Crippen molar-refractivity contribution in [3.63, 3.8) is 0 Å². The maximum absolute atomic E-state index is 12.8. The fourth-order valence-electron chi connectivity index (χ4n) is 3.82. The molecule has 2 saturated heterocycles. The van der Waals surface area contributed by atoms with Gasteiger partial charge in [-0.15, -0.1) is 0 Å². The predicted octanol–water partition coefficient (Wildman–Crippen LogP) is 2.55. The number of amides is 1. The van der Waals surface area contributed by atoms with E-state index < -0.39 is 10.0 Å². The van der Waals surface area contributed by atoms with Crippen LogP contribution in [0.5, 0.6) is 5.75 Å². The van der Waals surface area contributed by atoms with Gasteiger partial charge in [0, 0.05) is 50.8 Å². The smallest absolute Gasteiger partial charge is 0.253 e. The monoisotopic (exact) mass is 415 g/mol. The van der Waals surface area contributed by atoms with Gasteiger partial charge in [-0.3, -0.25) is 9.78 Å². The molecule has 2 aromatic rings. The number of rotatable bonds is 5. The van der Waals surface area contributed by atoms with Gasteiger partial charge in [-0.1, -0.05) is 0 Å². The maximum Gasteiger partial charge on any atom is 0.253 e. The summed E-state index contributed by atoms with van der Waals surface area (Å²) < 4.78 is 32.7. The molecule has 0 bridgehead atoms. The van der Waals surface area contributed by atoms with Crippen LogP contribution >= 0.6 is 0 Å². The summed E-state index contributed by atoms with van der Waals surface area (Å²) in [6.07, 6.45) is 6.76. The summed E-state index contributed by atoms with van der Waals surface area (Å²) in [5.74, 6) is 0.669. The van der Waals surface area contributed by atoms with Gasteiger partial charge in [0.05, 0.1) is 11.1 Å². The van der Waals surface area contributed by atoms with Crippen molar-refractivity contribution >= 4 is 15.9 Å². The van der Waals surface area contributed by atoms with Gasteiger partial charge in [0.15, 0.2) is 0 Å². The van der Waals surface area contributed by atoms with Crippen molar-refractivity contribution in [1.82, 2.24) is 14.2 Å². The second-order valence-corrected chi connectivity index (χ2v) is 9.37. The molecule has 2 fully saturated rings. The molecule has 3 heterocycles. The molecule has 0 unspecified atom stereocenters. The number of ether oxygens (including phenoxy) is 1. The Morgan fingerprint density at radius 1 is 1.00 bits per heavy atom. The predicted molar refractivity (Wildman–Crippen MR) is 108 cm³/mol. The largest absolute Gasteiger partial charge is 0.489 e. The summed E-state index contributed by atoms with van der Waals surface area (Å²) in [4.78, 5) is 18.9. The zero-order valence-corrected chi connectivity index (χ0v) is 17.1. The zero-order valence-electron chi connectivity index (χ0n) is 16.2. The van der Waals surface area contributed by atoms with Crippen LogP contribution in [0, 0.1) is 0 Å². The standard InChI is InChI=1S/C21H25N3O4S/c25-21(23-14-9-18(10-15-23)28-19-4-3-11-22-16-19)17-5-7-20(8-6-17)29(26,27)24-12-1-2-13-24/h3-8,11,16,18H,1-2,9-10,12-15H2. The highest BCUT2D eigenvalue weighted by Crippen LogP contribution is 2.23. The number of piperidine rings is 1. The van der Waals surface area contributed by atoms with Gasteiger partial charge in [0.2, 0.25) is 10.0 Å². The van der Waals surface area contributed by atoms with Crippen molar-refractivity contribution in [2.45, 2.75) is 36.7 Å². The van der Waals surface area contributed by atoms with E-state index in [1.165, 1.54) is 4.31 Å². The normalized spacial score (nSPS) is 18.7. The number of pyridine rings is 1. The molecule has 0 radical (unpaired) electrons. The molecule has 1 aromatic heterocycles. The quantitative estimate of drug-likeness (QED) is 0.750. The lowest BCUT2D eigenvalue weighted by Gasteiger charge is -2.32. The van der Waals surface area contributed by atoms with Crippen molar-refractivity contribution in [2.24, 2.45) is 0 Å². The fourth-order valence-corrected chi connectivity index (χ4v) is 5.33. The van der Waals surface area contributed by atoms with Crippen LogP contribution in [0.1, 0.15) is 36.0 Å². The minimum atomic E-state index is -3.46. The van der Waals surface area contributed by atoms with E-state index in [-0.39, 0.29) is 16.9 Å². The van der Waals surface area contributed by atoms with Crippen molar-refractivity contribution in [1.29, 1.82) is 0 Å². The number of sulfonamides is 1. The van der Waals surface area contributed by atoms with E-state index >= 15 is 0 Å². The molecule has 0 saturated carbocycles. The molecule has 1 amide bonds. The first-order valence-electron chi connectivity index (χ1n) is 10.0.